The van der Waals surface area contributed by atoms with Crippen molar-refractivity contribution in [2.24, 2.45) is 0 Å². The fourth-order valence-electron chi connectivity index (χ4n) is 2.39. The van der Waals surface area contributed by atoms with Gasteiger partial charge in [0.05, 0.1) is 6.10 Å². The molecular formula is C15H24ClNO. The zero-order valence-electron chi connectivity index (χ0n) is 11.4. The van der Waals surface area contributed by atoms with Crippen LogP contribution in [0.1, 0.15) is 50.8 Å². The molecule has 1 aliphatic rings. The molecule has 0 bridgehead atoms. The van der Waals surface area contributed by atoms with Crippen molar-refractivity contribution < 1.29 is 5.11 Å². The summed E-state index contributed by atoms with van der Waals surface area (Å²) in [6, 6.07) is 8.62. The van der Waals surface area contributed by atoms with Gasteiger partial charge in [-0.3, -0.25) is 0 Å². The maximum atomic E-state index is 10.3. The highest BCUT2D eigenvalue weighted by Gasteiger charge is 2.24. The summed E-state index contributed by atoms with van der Waals surface area (Å²) in [7, 11) is 0. The minimum atomic E-state index is -0.369. The monoisotopic (exact) mass is 269 g/mol. The standard InChI is InChI=1S/C15H23NO.ClH/c1-15(2,3)12-8-6-11(7-9-12)14(17)13-5-4-10-16-13;/h6-9,13-14,16-17H,4-5,10H2,1-3H3;1H/t13-,14+;/m0./s1. The lowest BCUT2D eigenvalue weighted by atomic mass is 9.86. The zero-order valence-corrected chi connectivity index (χ0v) is 12.3. The van der Waals surface area contributed by atoms with Gasteiger partial charge in [0.2, 0.25) is 0 Å². The van der Waals surface area contributed by atoms with Crippen molar-refractivity contribution in [2.45, 2.75) is 51.2 Å². The van der Waals surface area contributed by atoms with Gasteiger partial charge in [0.25, 0.3) is 0 Å². The first kappa shape index (κ1) is 15.5. The number of hydrogen-bond donors (Lipinski definition) is 2. The highest BCUT2D eigenvalue weighted by molar-refractivity contribution is 5.85. The van der Waals surface area contributed by atoms with Crippen LogP contribution in [0, 0.1) is 0 Å². The van der Waals surface area contributed by atoms with Crippen LogP contribution in [0.15, 0.2) is 24.3 Å². The molecule has 2 N–H and O–H groups in total. The Morgan fingerprint density at radius 1 is 1.22 bits per heavy atom. The first-order valence-corrected chi connectivity index (χ1v) is 6.50. The van der Waals surface area contributed by atoms with Gasteiger partial charge in [-0.1, -0.05) is 45.0 Å². The fourth-order valence-corrected chi connectivity index (χ4v) is 2.39. The quantitative estimate of drug-likeness (QED) is 0.864. The molecule has 1 aliphatic heterocycles. The molecule has 1 aromatic rings. The zero-order chi connectivity index (χ0) is 12.5. The van der Waals surface area contributed by atoms with Crippen LogP contribution in [0.25, 0.3) is 0 Å². The van der Waals surface area contributed by atoms with E-state index in [0.29, 0.717) is 0 Å². The van der Waals surface area contributed by atoms with E-state index in [1.165, 1.54) is 12.0 Å². The van der Waals surface area contributed by atoms with Gasteiger partial charge < -0.3 is 10.4 Å². The molecule has 18 heavy (non-hydrogen) atoms. The van der Waals surface area contributed by atoms with Crippen LogP contribution in [0.2, 0.25) is 0 Å². The molecule has 2 rings (SSSR count). The minimum Gasteiger partial charge on any atom is -0.387 e. The van der Waals surface area contributed by atoms with Crippen molar-refractivity contribution in [3.05, 3.63) is 35.4 Å². The van der Waals surface area contributed by atoms with Gasteiger partial charge in [0.15, 0.2) is 0 Å². The molecule has 0 unspecified atom stereocenters. The van der Waals surface area contributed by atoms with Gasteiger partial charge in [-0.25, -0.2) is 0 Å². The summed E-state index contributed by atoms with van der Waals surface area (Å²) in [6.45, 7) is 7.65. The molecule has 102 valence electrons. The number of rotatable bonds is 2. The van der Waals surface area contributed by atoms with E-state index in [2.05, 4.69) is 50.4 Å². The van der Waals surface area contributed by atoms with E-state index < -0.39 is 0 Å². The number of aliphatic hydroxyl groups excluding tert-OH is 1. The molecule has 0 radical (unpaired) electrons. The topological polar surface area (TPSA) is 32.3 Å². The Morgan fingerprint density at radius 2 is 1.83 bits per heavy atom. The summed E-state index contributed by atoms with van der Waals surface area (Å²) in [4.78, 5) is 0. The molecule has 2 atom stereocenters. The van der Waals surface area contributed by atoms with E-state index in [0.717, 1.165) is 18.5 Å². The lowest BCUT2D eigenvalue weighted by Gasteiger charge is -2.22. The first-order chi connectivity index (χ1) is 7.98. The molecule has 0 saturated carbocycles. The van der Waals surface area contributed by atoms with Crippen LogP contribution in [0.5, 0.6) is 0 Å². The summed E-state index contributed by atoms with van der Waals surface area (Å²) in [5.74, 6) is 0. The van der Waals surface area contributed by atoms with E-state index in [9.17, 15) is 5.11 Å². The smallest absolute Gasteiger partial charge is 0.0942 e. The molecule has 1 fully saturated rings. The van der Waals surface area contributed by atoms with Crippen molar-refractivity contribution >= 4 is 12.4 Å². The van der Waals surface area contributed by atoms with Crippen molar-refractivity contribution in [2.75, 3.05) is 6.54 Å². The van der Waals surface area contributed by atoms with Crippen molar-refractivity contribution in [3.8, 4) is 0 Å². The van der Waals surface area contributed by atoms with E-state index in [-0.39, 0.29) is 30.0 Å². The van der Waals surface area contributed by atoms with Crippen molar-refractivity contribution in [3.63, 3.8) is 0 Å². The molecule has 1 heterocycles. The van der Waals surface area contributed by atoms with E-state index in [1.807, 2.05) is 0 Å². The minimum absolute atomic E-state index is 0. The third-order valence-electron chi connectivity index (χ3n) is 3.60. The Labute approximate surface area is 116 Å². The molecule has 0 aromatic heterocycles. The number of benzene rings is 1. The van der Waals surface area contributed by atoms with Crippen LogP contribution in [-0.4, -0.2) is 17.7 Å². The Morgan fingerprint density at radius 3 is 2.28 bits per heavy atom. The third kappa shape index (κ3) is 3.47. The third-order valence-corrected chi connectivity index (χ3v) is 3.60. The molecule has 0 aliphatic carbocycles. The maximum Gasteiger partial charge on any atom is 0.0942 e. The van der Waals surface area contributed by atoms with Crippen molar-refractivity contribution in [1.29, 1.82) is 0 Å². The largest absolute Gasteiger partial charge is 0.387 e. The van der Waals surface area contributed by atoms with Gasteiger partial charge in [-0.2, -0.15) is 0 Å². The molecule has 1 aromatic carbocycles. The first-order valence-electron chi connectivity index (χ1n) is 6.50. The van der Waals surface area contributed by atoms with Crippen LogP contribution in [0.3, 0.4) is 0 Å². The van der Waals surface area contributed by atoms with E-state index in [4.69, 9.17) is 0 Å². The molecule has 2 nitrogen and oxygen atoms in total. The highest BCUT2D eigenvalue weighted by Crippen LogP contribution is 2.26. The average Bonchev–Trinajstić information content (AvgIpc) is 2.80. The Hall–Kier alpha value is -0.570. The van der Waals surface area contributed by atoms with Gasteiger partial charge in [0.1, 0.15) is 0 Å². The SMILES string of the molecule is CC(C)(C)c1ccc([C@@H](O)[C@@H]2CCCN2)cc1.Cl. The molecule has 3 heteroatoms. The normalized spacial score (nSPS) is 21.4. The number of nitrogens with one attached hydrogen (secondary N) is 1. The van der Waals surface area contributed by atoms with Crippen LogP contribution in [-0.2, 0) is 5.41 Å². The predicted molar refractivity (Wildman–Crippen MR) is 78.4 cm³/mol. The maximum absolute atomic E-state index is 10.3. The van der Waals surface area contributed by atoms with E-state index in [1.54, 1.807) is 0 Å². The van der Waals surface area contributed by atoms with Gasteiger partial charge >= 0.3 is 0 Å². The summed E-state index contributed by atoms with van der Waals surface area (Å²) in [5, 5.41) is 13.6. The molecule has 1 saturated heterocycles. The predicted octanol–water partition coefficient (Wildman–Crippen LogP) is 3.19. The lowest BCUT2D eigenvalue weighted by Crippen LogP contribution is -2.28. The van der Waals surface area contributed by atoms with Crippen molar-refractivity contribution in [1.82, 2.24) is 5.32 Å². The summed E-state index contributed by atoms with van der Waals surface area (Å²) < 4.78 is 0. The fraction of sp³-hybridized carbons (Fsp3) is 0.600. The summed E-state index contributed by atoms with van der Waals surface area (Å²) >= 11 is 0. The second-order valence-corrected chi connectivity index (χ2v) is 6.02. The lowest BCUT2D eigenvalue weighted by molar-refractivity contribution is 0.137. The van der Waals surface area contributed by atoms with Crippen LogP contribution in [0.4, 0.5) is 0 Å². The van der Waals surface area contributed by atoms with E-state index >= 15 is 0 Å². The molecule has 0 spiro atoms. The second kappa shape index (κ2) is 6.05. The summed E-state index contributed by atoms with van der Waals surface area (Å²) in [5.41, 5.74) is 2.51. The highest BCUT2D eigenvalue weighted by atomic mass is 35.5. The van der Waals surface area contributed by atoms with Crippen LogP contribution < -0.4 is 5.32 Å². The number of halogens is 1. The van der Waals surface area contributed by atoms with Crippen LogP contribution >= 0.6 is 12.4 Å². The Kier molecular flexibility index (Phi) is 5.20. The van der Waals surface area contributed by atoms with Gasteiger partial charge in [-0.15, -0.1) is 12.4 Å². The Balaban J connectivity index is 0.00000162. The van der Waals surface area contributed by atoms with Gasteiger partial charge in [0, 0.05) is 6.04 Å². The molecule has 0 amide bonds. The second-order valence-electron chi connectivity index (χ2n) is 6.02. The average molecular weight is 270 g/mol. The Bertz CT molecular complexity index is 363. The van der Waals surface area contributed by atoms with Gasteiger partial charge in [-0.05, 0) is 35.9 Å². The number of aliphatic hydroxyl groups is 1. The number of hydrogen-bond acceptors (Lipinski definition) is 2. The molecular weight excluding hydrogens is 246 g/mol. The summed E-state index contributed by atoms with van der Waals surface area (Å²) in [6.07, 6.45) is 1.87.